The molecule has 0 spiro atoms. The topological polar surface area (TPSA) is 42.0 Å². The molecular weight excluding hydrogens is 188 g/mol. The van der Waals surface area contributed by atoms with Crippen LogP contribution in [0.15, 0.2) is 24.5 Å². The maximum Gasteiger partial charge on any atom is 0.220 e. The Bertz CT molecular complexity index is 309. The number of hydrogen-bond donors (Lipinski definition) is 1. The summed E-state index contributed by atoms with van der Waals surface area (Å²) in [5.74, 6) is 0.504. The van der Waals surface area contributed by atoms with Crippen LogP contribution in [0.5, 0.6) is 0 Å². The van der Waals surface area contributed by atoms with E-state index in [0.717, 1.165) is 5.56 Å². The van der Waals surface area contributed by atoms with Gasteiger partial charge in [-0.2, -0.15) is 0 Å². The molecular formula is C12H18N2O. The molecule has 3 heteroatoms. The third kappa shape index (κ3) is 4.11. The number of rotatable bonds is 4. The molecule has 1 aromatic heterocycles. The maximum atomic E-state index is 11.5. The lowest BCUT2D eigenvalue weighted by Gasteiger charge is -2.14. The van der Waals surface area contributed by atoms with Gasteiger partial charge in [0.05, 0.1) is 6.04 Å². The van der Waals surface area contributed by atoms with Crippen molar-refractivity contribution in [2.24, 2.45) is 5.92 Å². The van der Waals surface area contributed by atoms with Crippen molar-refractivity contribution < 1.29 is 4.79 Å². The fourth-order valence-corrected chi connectivity index (χ4v) is 1.41. The van der Waals surface area contributed by atoms with Gasteiger partial charge in [-0.15, -0.1) is 0 Å². The van der Waals surface area contributed by atoms with Crippen LogP contribution in [0.4, 0.5) is 0 Å². The molecule has 15 heavy (non-hydrogen) atoms. The molecule has 1 aromatic rings. The first-order valence-electron chi connectivity index (χ1n) is 5.29. The summed E-state index contributed by atoms with van der Waals surface area (Å²) in [4.78, 5) is 15.5. The number of carbonyl (C=O) groups is 1. The van der Waals surface area contributed by atoms with E-state index in [0.29, 0.717) is 12.3 Å². The molecule has 0 saturated carbocycles. The fraction of sp³-hybridized carbons (Fsp3) is 0.500. The van der Waals surface area contributed by atoms with Gasteiger partial charge in [0.15, 0.2) is 0 Å². The normalized spacial score (nSPS) is 12.5. The fourth-order valence-electron chi connectivity index (χ4n) is 1.41. The lowest BCUT2D eigenvalue weighted by molar-refractivity contribution is -0.122. The number of nitrogens with zero attached hydrogens (tertiary/aromatic N) is 1. The first-order chi connectivity index (χ1) is 7.09. The van der Waals surface area contributed by atoms with Gasteiger partial charge in [-0.3, -0.25) is 9.78 Å². The predicted molar refractivity (Wildman–Crippen MR) is 60.2 cm³/mol. The summed E-state index contributed by atoms with van der Waals surface area (Å²) in [5, 5.41) is 2.96. The number of hydrogen-bond acceptors (Lipinski definition) is 2. The summed E-state index contributed by atoms with van der Waals surface area (Å²) >= 11 is 0. The molecule has 82 valence electrons. The van der Waals surface area contributed by atoms with Gasteiger partial charge in [-0.05, 0) is 30.5 Å². The molecule has 1 unspecified atom stereocenters. The predicted octanol–water partition coefficient (Wildman–Crippen LogP) is 2.30. The lowest BCUT2D eigenvalue weighted by atomic mass is 10.1. The van der Waals surface area contributed by atoms with E-state index < -0.39 is 0 Å². The highest BCUT2D eigenvalue weighted by molar-refractivity contribution is 5.76. The van der Waals surface area contributed by atoms with Crippen molar-refractivity contribution >= 4 is 5.91 Å². The number of nitrogens with one attached hydrogen (secondary N) is 1. The Morgan fingerprint density at radius 1 is 1.33 bits per heavy atom. The van der Waals surface area contributed by atoms with Gasteiger partial charge in [-0.25, -0.2) is 0 Å². The average molecular weight is 206 g/mol. The molecule has 0 aliphatic heterocycles. The van der Waals surface area contributed by atoms with E-state index in [1.807, 2.05) is 32.9 Å². The van der Waals surface area contributed by atoms with Crippen LogP contribution in [0.2, 0.25) is 0 Å². The minimum atomic E-state index is 0.0549. The molecule has 3 nitrogen and oxygen atoms in total. The maximum absolute atomic E-state index is 11.5. The van der Waals surface area contributed by atoms with Crippen molar-refractivity contribution in [3.8, 4) is 0 Å². The molecule has 1 atom stereocenters. The second-order valence-corrected chi connectivity index (χ2v) is 4.17. The third-order valence-corrected chi connectivity index (χ3v) is 2.18. The summed E-state index contributed by atoms with van der Waals surface area (Å²) in [6.07, 6.45) is 4.05. The largest absolute Gasteiger partial charge is 0.350 e. The standard InChI is InChI=1S/C12H18N2O/c1-9(2)8-12(15)14-10(3)11-4-6-13-7-5-11/h4-7,9-10H,8H2,1-3H3,(H,14,15). The molecule has 0 saturated heterocycles. The summed E-state index contributed by atoms with van der Waals surface area (Å²) < 4.78 is 0. The first-order valence-corrected chi connectivity index (χ1v) is 5.29. The second kappa shape index (κ2) is 5.49. The quantitative estimate of drug-likeness (QED) is 0.821. The molecule has 0 fully saturated rings. The molecule has 0 aliphatic carbocycles. The molecule has 1 amide bonds. The van der Waals surface area contributed by atoms with E-state index in [4.69, 9.17) is 0 Å². The summed E-state index contributed by atoms with van der Waals surface area (Å²) in [5.41, 5.74) is 1.09. The highest BCUT2D eigenvalue weighted by Gasteiger charge is 2.10. The Labute approximate surface area is 90.9 Å². The van der Waals surface area contributed by atoms with Gasteiger partial charge < -0.3 is 5.32 Å². The van der Waals surface area contributed by atoms with Gasteiger partial charge in [0.2, 0.25) is 5.91 Å². The van der Waals surface area contributed by atoms with Gasteiger partial charge in [0.25, 0.3) is 0 Å². The zero-order chi connectivity index (χ0) is 11.3. The Balaban J connectivity index is 2.49. The van der Waals surface area contributed by atoms with Crippen LogP contribution in [0, 0.1) is 5.92 Å². The molecule has 1 heterocycles. The Hall–Kier alpha value is -1.38. The average Bonchev–Trinajstić information content (AvgIpc) is 2.17. The first kappa shape index (κ1) is 11.7. The van der Waals surface area contributed by atoms with Gasteiger partial charge in [-0.1, -0.05) is 13.8 Å². The Morgan fingerprint density at radius 2 is 1.93 bits per heavy atom. The van der Waals surface area contributed by atoms with Gasteiger partial charge in [0.1, 0.15) is 0 Å². The van der Waals surface area contributed by atoms with Crippen molar-refractivity contribution in [3.63, 3.8) is 0 Å². The van der Waals surface area contributed by atoms with Gasteiger partial charge >= 0.3 is 0 Å². The number of amides is 1. The SMILES string of the molecule is CC(C)CC(=O)NC(C)c1ccncc1. The van der Waals surface area contributed by atoms with E-state index in [1.54, 1.807) is 12.4 Å². The second-order valence-electron chi connectivity index (χ2n) is 4.17. The van der Waals surface area contributed by atoms with Crippen LogP contribution in [0.3, 0.4) is 0 Å². The van der Waals surface area contributed by atoms with Crippen LogP contribution in [-0.2, 0) is 4.79 Å². The molecule has 0 bridgehead atoms. The Morgan fingerprint density at radius 3 is 2.47 bits per heavy atom. The Kier molecular flexibility index (Phi) is 4.28. The van der Waals surface area contributed by atoms with Crippen molar-refractivity contribution in [3.05, 3.63) is 30.1 Å². The molecule has 1 rings (SSSR count). The summed E-state index contributed by atoms with van der Waals surface area (Å²) in [7, 11) is 0. The van der Waals surface area contributed by atoms with E-state index in [-0.39, 0.29) is 11.9 Å². The van der Waals surface area contributed by atoms with Crippen LogP contribution < -0.4 is 5.32 Å². The summed E-state index contributed by atoms with van der Waals surface area (Å²) in [6, 6.07) is 3.89. The van der Waals surface area contributed by atoms with E-state index in [1.165, 1.54) is 0 Å². The van der Waals surface area contributed by atoms with Crippen molar-refractivity contribution in [2.45, 2.75) is 33.2 Å². The van der Waals surface area contributed by atoms with E-state index in [2.05, 4.69) is 10.3 Å². The van der Waals surface area contributed by atoms with Crippen LogP contribution in [0.25, 0.3) is 0 Å². The smallest absolute Gasteiger partial charge is 0.220 e. The lowest BCUT2D eigenvalue weighted by Crippen LogP contribution is -2.27. The van der Waals surface area contributed by atoms with Crippen molar-refractivity contribution in [1.82, 2.24) is 10.3 Å². The number of pyridine rings is 1. The molecule has 0 aromatic carbocycles. The zero-order valence-electron chi connectivity index (χ0n) is 9.53. The zero-order valence-corrected chi connectivity index (χ0v) is 9.53. The molecule has 1 N–H and O–H groups in total. The minimum Gasteiger partial charge on any atom is -0.350 e. The van der Waals surface area contributed by atoms with Gasteiger partial charge in [0, 0.05) is 18.8 Å². The molecule has 0 aliphatic rings. The van der Waals surface area contributed by atoms with Crippen molar-refractivity contribution in [2.75, 3.05) is 0 Å². The molecule has 0 radical (unpaired) electrons. The number of carbonyl (C=O) groups excluding carboxylic acids is 1. The van der Waals surface area contributed by atoms with E-state index in [9.17, 15) is 4.79 Å². The highest BCUT2D eigenvalue weighted by atomic mass is 16.1. The summed E-state index contributed by atoms with van der Waals surface area (Å²) in [6.45, 7) is 6.06. The van der Waals surface area contributed by atoms with Crippen LogP contribution in [-0.4, -0.2) is 10.9 Å². The van der Waals surface area contributed by atoms with Crippen LogP contribution in [0.1, 0.15) is 38.8 Å². The highest BCUT2D eigenvalue weighted by Crippen LogP contribution is 2.11. The van der Waals surface area contributed by atoms with Crippen LogP contribution >= 0.6 is 0 Å². The van der Waals surface area contributed by atoms with E-state index >= 15 is 0 Å². The van der Waals surface area contributed by atoms with Crippen molar-refractivity contribution in [1.29, 1.82) is 0 Å². The minimum absolute atomic E-state index is 0.0549. The monoisotopic (exact) mass is 206 g/mol. The number of aromatic nitrogens is 1. The third-order valence-electron chi connectivity index (χ3n) is 2.18.